The molecule has 9 nitrogen and oxygen atoms in total. The molecule has 10 heteroatoms. The van der Waals surface area contributed by atoms with E-state index in [0.717, 1.165) is 11.4 Å². The second-order valence-electron chi connectivity index (χ2n) is 9.00. The lowest BCUT2D eigenvalue weighted by molar-refractivity contribution is 0.0636. The largest absolute Gasteiger partial charge is 0.444 e. The monoisotopic (exact) mass is 464 g/mol. The second-order valence-corrected chi connectivity index (χ2v) is 11.3. The van der Waals surface area contributed by atoms with Gasteiger partial charge in [0.2, 0.25) is 0 Å². The van der Waals surface area contributed by atoms with Crippen molar-refractivity contribution in [1.82, 2.24) is 9.97 Å². The zero-order valence-electron chi connectivity index (χ0n) is 19.2. The number of ether oxygens (including phenoxy) is 2. The van der Waals surface area contributed by atoms with Crippen LogP contribution in [0.25, 0.3) is 11.4 Å². The smallest absolute Gasteiger partial charge is 0.412 e. The molecule has 0 spiro atoms. The number of hydrogen-bond acceptors (Lipinski definition) is 8. The average molecular weight is 465 g/mol. The Morgan fingerprint density at radius 1 is 1.28 bits per heavy atom. The van der Waals surface area contributed by atoms with Gasteiger partial charge in [0, 0.05) is 30.1 Å². The fourth-order valence-electron chi connectivity index (χ4n) is 3.31. The average Bonchev–Trinajstić information content (AvgIpc) is 2.66. The lowest BCUT2D eigenvalue weighted by atomic mass is 10.2. The number of hydrogen-bond donors (Lipinski definition) is 3. The zero-order valence-corrected chi connectivity index (χ0v) is 20.0. The summed E-state index contributed by atoms with van der Waals surface area (Å²) in [5, 5.41) is 2.70. The van der Waals surface area contributed by atoms with E-state index < -0.39 is 22.3 Å². The van der Waals surface area contributed by atoms with E-state index in [1.807, 2.05) is 12.1 Å². The third-order valence-electron chi connectivity index (χ3n) is 4.64. The van der Waals surface area contributed by atoms with Crippen LogP contribution in [0.1, 0.15) is 33.4 Å². The van der Waals surface area contributed by atoms with Crippen LogP contribution in [-0.2, 0) is 15.2 Å². The third-order valence-corrected chi connectivity index (χ3v) is 5.48. The summed E-state index contributed by atoms with van der Waals surface area (Å²) in [5.74, 6) is 1.25. The Balaban J connectivity index is 1.87. The summed E-state index contributed by atoms with van der Waals surface area (Å²) >= 11 is 0. The van der Waals surface area contributed by atoms with Crippen LogP contribution in [0.5, 0.6) is 0 Å². The van der Waals surface area contributed by atoms with E-state index in [0.29, 0.717) is 37.0 Å². The molecular formula is C22H32N4O5S. The first-order valence-electron chi connectivity index (χ1n) is 10.4. The van der Waals surface area contributed by atoms with E-state index in [2.05, 4.69) is 22.1 Å². The first kappa shape index (κ1) is 24.2. The molecule has 1 fully saturated rings. The predicted molar refractivity (Wildman–Crippen MR) is 127 cm³/mol. The molecule has 3 N–H and O–H groups in total. The molecule has 32 heavy (non-hydrogen) atoms. The Kier molecular flexibility index (Phi) is 7.29. The van der Waals surface area contributed by atoms with Crippen LogP contribution < -0.4 is 10.2 Å². The summed E-state index contributed by atoms with van der Waals surface area (Å²) in [4.78, 5) is 23.4. The molecule has 1 aromatic carbocycles. The number of benzene rings is 1. The van der Waals surface area contributed by atoms with Crippen molar-refractivity contribution in [2.45, 2.75) is 45.1 Å². The van der Waals surface area contributed by atoms with Gasteiger partial charge in [0.25, 0.3) is 0 Å². The van der Waals surface area contributed by atoms with Crippen molar-refractivity contribution in [2.24, 2.45) is 0 Å². The van der Waals surface area contributed by atoms with Crippen LogP contribution in [0.3, 0.4) is 0 Å². The summed E-state index contributed by atoms with van der Waals surface area (Å²) in [6, 6.07) is 9.06. The van der Waals surface area contributed by atoms with Crippen molar-refractivity contribution in [2.75, 3.05) is 36.2 Å². The van der Waals surface area contributed by atoms with Gasteiger partial charge in [-0.15, -0.1) is 0 Å². The molecule has 1 aliphatic heterocycles. The molecule has 2 heterocycles. The number of nitrogens with one attached hydrogen (secondary N) is 1. The first-order valence-corrected chi connectivity index (χ1v) is 12.6. The quantitative estimate of drug-likeness (QED) is 0.588. The van der Waals surface area contributed by atoms with Crippen molar-refractivity contribution in [3.8, 4) is 11.4 Å². The molecule has 1 atom stereocenters. The minimum absolute atomic E-state index is 0.0481. The maximum absolute atomic E-state index is 12.0. The van der Waals surface area contributed by atoms with E-state index in [4.69, 9.17) is 14.5 Å². The third kappa shape index (κ3) is 7.06. The highest BCUT2D eigenvalue weighted by Gasteiger charge is 2.23. The summed E-state index contributed by atoms with van der Waals surface area (Å²) in [6.07, 6.45) is 0.878. The fraction of sp³-hybridized carbons (Fsp3) is 0.500. The van der Waals surface area contributed by atoms with Crippen molar-refractivity contribution in [1.29, 1.82) is 0 Å². The van der Waals surface area contributed by atoms with Gasteiger partial charge >= 0.3 is 6.09 Å². The molecule has 2 aromatic rings. The van der Waals surface area contributed by atoms with Gasteiger partial charge in [-0.25, -0.2) is 14.8 Å². The highest BCUT2D eigenvalue weighted by molar-refractivity contribution is 8.23. The summed E-state index contributed by atoms with van der Waals surface area (Å²) in [5.41, 5.74) is 1.31. The molecule has 0 saturated carbocycles. The summed E-state index contributed by atoms with van der Waals surface area (Å²) in [7, 11) is -2.77. The second kappa shape index (κ2) is 9.62. The lowest BCUT2D eigenvalue weighted by Gasteiger charge is -2.35. The van der Waals surface area contributed by atoms with Gasteiger partial charge in [-0.3, -0.25) is 14.4 Å². The lowest BCUT2D eigenvalue weighted by Crippen LogP contribution is -2.44. The van der Waals surface area contributed by atoms with Crippen LogP contribution in [-0.4, -0.2) is 62.8 Å². The Morgan fingerprint density at radius 3 is 2.56 bits per heavy atom. The molecule has 0 radical (unpaired) electrons. The summed E-state index contributed by atoms with van der Waals surface area (Å²) in [6.45, 7) is 9.37. The Labute approximate surface area is 190 Å². The van der Waals surface area contributed by atoms with Gasteiger partial charge < -0.3 is 14.4 Å². The molecule has 1 aliphatic rings. The Hall–Kier alpha value is -2.40. The van der Waals surface area contributed by atoms with E-state index in [9.17, 15) is 13.9 Å². The molecule has 1 saturated heterocycles. The van der Waals surface area contributed by atoms with Gasteiger partial charge in [-0.2, -0.15) is 10.6 Å². The van der Waals surface area contributed by atoms with Crippen molar-refractivity contribution in [3.05, 3.63) is 36.0 Å². The SMILES string of the molecule is C[C@H]1COCCN1c1cc(CS(C)(O)O)nc(-c2ccc(NC(=O)OC(C)(C)C)cc2)n1. The number of morpholine rings is 1. The number of nitrogens with zero attached hydrogens (tertiary/aromatic N) is 3. The van der Waals surface area contributed by atoms with Crippen LogP contribution in [0, 0.1) is 0 Å². The zero-order chi connectivity index (χ0) is 23.5. The molecule has 3 rings (SSSR count). The molecule has 0 unspecified atom stereocenters. The van der Waals surface area contributed by atoms with Gasteiger partial charge in [-0.1, -0.05) is 0 Å². The highest BCUT2D eigenvalue weighted by Crippen LogP contribution is 2.38. The summed E-state index contributed by atoms with van der Waals surface area (Å²) < 4.78 is 30.8. The van der Waals surface area contributed by atoms with Crippen LogP contribution in [0.4, 0.5) is 16.3 Å². The van der Waals surface area contributed by atoms with Gasteiger partial charge in [0.05, 0.1) is 30.7 Å². The van der Waals surface area contributed by atoms with Gasteiger partial charge in [0.1, 0.15) is 11.4 Å². The molecule has 176 valence electrons. The molecule has 1 amide bonds. The Morgan fingerprint density at radius 2 is 1.97 bits per heavy atom. The van der Waals surface area contributed by atoms with Crippen LogP contribution in [0.2, 0.25) is 0 Å². The number of aromatic nitrogens is 2. The van der Waals surface area contributed by atoms with Crippen molar-refractivity contribution >= 4 is 28.2 Å². The van der Waals surface area contributed by atoms with E-state index in [1.165, 1.54) is 6.26 Å². The Bertz CT molecular complexity index is 941. The number of carbonyl (C=O) groups excluding carboxylic acids is 1. The minimum Gasteiger partial charge on any atom is -0.444 e. The number of rotatable bonds is 5. The van der Waals surface area contributed by atoms with Crippen LogP contribution >= 0.6 is 10.6 Å². The maximum atomic E-state index is 12.0. The van der Waals surface area contributed by atoms with Gasteiger partial charge in [-0.05, 0) is 52.0 Å². The number of carbonyl (C=O) groups is 1. The normalized spacial score (nSPS) is 17.7. The number of anilines is 2. The molecule has 0 bridgehead atoms. The van der Waals surface area contributed by atoms with Crippen molar-refractivity contribution < 1.29 is 23.4 Å². The highest BCUT2D eigenvalue weighted by atomic mass is 32.3. The molecule has 1 aromatic heterocycles. The van der Waals surface area contributed by atoms with E-state index >= 15 is 0 Å². The maximum Gasteiger partial charge on any atom is 0.412 e. The van der Waals surface area contributed by atoms with Gasteiger partial charge in [0.15, 0.2) is 5.82 Å². The molecule has 0 aliphatic carbocycles. The van der Waals surface area contributed by atoms with Crippen LogP contribution in [0.15, 0.2) is 30.3 Å². The molecular weight excluding hydrogens is 432 g/mol. The number of amides is 1. The standard InChI is InChI=1S/C22H32N4O5S/c1-15-13-30-11-10-26(15)19-12-18(14-32(5,28)29)23-20(25-19)16-6-8-17(9-7-16)24-21(27)31-22(2,3)4/h6-9,12,15,28-29H,10-11,13-14H2,1-5H3,(H,24,27)/t15-/m0/s1. The first-order chi connectivity index (χ1) is 14.9. The van der Waals surface area contributed by atoms with Crippen molar-refractivity contribution in [3.63, 3.8) is 0 Å². The van der Waals surface area contributed by atoms with E-state index in [1.54, 1.807) is 39.0 Å². The van der Waals surface area contributed by atoms with E-state index in [-0.39, 0.29) is 11.8 Å². The minimum atomic E-state index is -2.77. The predicted octanol–water partition coefficient (Wildman–Crippen LogP) is 4.60. The topological polar surface area (TPSA) is 117 Å². The fourth-order valence-corrected chi connectivity index (χ4v) is 4.01.